The smallest absolute Gasteiger partial charge is 0.119 e. The molecule has 0 saturated heterocycles. The molecule has 0 saturated carbocycles. The third kappa shape index (κ3) is 9.45. The molecule has 0 fully saturated rings. The van der Waals surface area contributed by atoms with Crippen molar-refractivity contribution < 1.29 is 14.2 Å². The van der Waals surface area contributed by atoms with Crippen LogP contribution in [0.4, 0.5) is 0 Å². The molecule has 0 aliphatic heterocycles. The van der Waals surface area contributed by atoms with Crippen LogP contribution in [0, 0.1) is 5.92 Å². The summed E-state index contributed by atoms with van der Waals surface area (Å²) in [4.78, 5) is 0. The van der Waals surface area contributed by atoms with Gasteiger partial charge >= 0.3 is 0 Å². The Hall–Kier alpha value is -1.10. The first kappa shape index (κ1) is 18.0. The Morgan fingerprint density at radius 1 is 1.05 bits per heavy atom. The Labute approximate surface area is 128 Å². The Balaban J connectivity index is 2.07. The summed E-state index contributed by atoms with van der Waals surface area (Å²) in [6.45, 7) is 11.4. The number of hydrogen-bond acceptors (Lipinski definition) is 4. The van der Waals surface area contributed by atoms with E-state index in [1.807, 2.05) is 12.1 Å². The van der Waals surface area contributed by atoms with Crippen LogP contribution in [0.5, 0.6) is 5.75 Å². The summed E-state index contributed by atoms with van der Waals surface area (Å²) in [5.74, 6) is 1.47. The van der Waals surface area contributed by atoms with Crippen molar-refractivity contribution in [1.82, 2.24) is 5.32 Å². The molecule has 0 aliphatic rings. The van der Waals surface area contributed by atoms with Crippen LogP contribution in [0.1, 0.15) is 26.3 Å². The molecule has 120 valence electrons. The molecule has 1 aromatic carbocycles. The zero-order chi connectivity index (χ0) is 15.3. The predicted molar refractivity (Wildman–Crippen MR) is 85.8 cm³/mol. The summed E-state index contributed by atoms with van der Waals surface area (Å²) < 4.78 is 16.6. The van der Waals surface area contributed by atoms with Crippen molar-refractivity contribution >= 4 is 0 Å². The molecule has 0 radical (unpaired) electrons. The van der Waals surface area contributed by atoms with Crippen LogP contribution in [0.15, 0.2) is 24.3 Å². The third-order valence-corrected chi connectivity index (χ3v) is 2.80. The second kappa shape index (κ2) is 11.5. The van der Waals surface area contributed by atoms with E-state index < -0.39 is 0 Å². The van der Waals surface area contributed by atoms with Gasteiger partial charge in [-0.05, 0) is 30.2 Å². The Bertz CT molecular complexity index is 369. The molecule has 0 spiro atoms. The van der Waals surface area contributed by atoms with Crippen molar-refractivity contribution in [2.75, 3.05) is 39.6 Å². The van der Waals surface area contributed by atoms with Gasteiger partial charge in [0.15, 0.2) is 0 Å². The molecule has 0 heterocycles. The van der Waals surface area contributed by atoms with Crippen LogP contribution in [0.25, 0.3) is 0 Å². The third-order valence-electron chi connectivity index (χ3n) is 2.80. The largest absolute Gasteiger partial charge is 0.491 e. The van der Waals surface area contributed by atoms with E-state index in [-0.39, 0.29) is 0 Å². The van der Waals surface area contributed by atoms with Crippen LogP contribution in [-0.4, -0.2) is 39.6 Å². The average Bonchev–Trinajstić information content (AvgIpc) is 2.48. The molecule has 21 heavy (non-hydrogen) atoms. The van der Waals surface area contributed by atoms with Crippen LogP contribution in [-0.2, 0) is 16.0 Å². The topological polar surface area (TPSA) is 39.7 Å². The minimum Gasteiger partial charge on any atom is -0.491 e. The van der Waals surface area contributed by atoms with Gasteiger partial charge in [-0.1, -0.05) is 32.9 Å². The molecular formula is C17H29NO3. The fraction of sp³-hybridized carbons (Fsp3) is 0.647. The zero-order valence-electron chi connectivity index (χ0n) is 13.6. The quantitative estimate of drug-likeness (QED) is 0.602. The summed E-state index contributed by atoms with van der Waals surface area (Å²) in [5, 5.41) is 3.30. The minimum absolute atomic E-state index is 0.564. The second-order valence-electron chi connectivity index (χ2n) is 5.36. The summed E-state index contributed by atoms with van der Waals surface area (Å²) in [7, 11) is 0. The summed E-state index contributed by atoms with van der Waals surface area (Å²) >= 11 is 0. The average molecular weight is 295 g/mol. The van der Waals surface area contributed by atoms with Crippen molar-refractivity contribution in [3.05, 3.63) is 29.8 Å². The Morgan fingerprint density at radius 2 is 1.81 bits per heavy atom. The summed E-state index contributed by atoms with van der Waals surface area (Å²) in [6, 6.07) is 8.15. The van der Waals surface area contributed by atoms with Crippen LogP contribution < -0.4 is 10.1 Å². The predicted octanol–water partition coefficient (Wildman–Crippen LogP) is 2.86. The van der Waals surface area contributed by atoms with Gasteiger partial charge in [-0.25, -0.2) is 0 Å². The van der Waals surface area contributed by atoms with E-state index in [0.717, 1.165) is 25.4 Å². The second-order valence-corrected chi connectivity index (χ2v) is 5.36. The van der Waals surface area contributed by atoms with Gasteiger partial charge in [0, 0.05) is 13.2 Å². The van der Waals surface area contributed by atoms with Crippen molar-refractivity contribution in [2.24, 2.45) is 5.92 Å². The highest BCUT2D eigenvalue weighted by molar-refractivity contribution is 5.28. The monoisotopic (exact) mass is 295 g/mol. The molecule has 0 atom stereocenters. The van der Waals surface area contributed by atoms with Crippen molar-refractivity contribution in [2.45, 2.75) is 27.3 Å². The van der Waals surface area contributed by atoms with E-state index in [2.05, 4.69) is 38.2 Å². The number of nitrogens with one attached hydrogen (secondary N) is 1. The van der Waals surface area contributed by atoms with Gasteiger partial charge in [0.25, 0.3) is 0 Å². The molecule has 0 amide bonds. The van der Waals surface area contributed by atoms with Gasteiger partial charge in [0.1, 0.15) is 12.4 Å². The summed E-state index contributed by atoms with van der Waals surface area (Å²) in [5.41, 5.74) is 1.23. The summed E-state index contributed by atoms with van der Waals surface area (Å²) in [6.07, 6.45) is 0. The molecule has 1 rings (SSSR count). The van der Waals surface area contributed by atoms with Gasteiger partial charge in [0.2, 0.25) is 0 Å². The number of hydrogen-bond donors (Lipinski definition) is 1. The van der Waals surface area contributed by atoms with Gasteiger partial charge in [-0.2, -0.15) is 0 Å². The van der Waals surface area contributed by atoms with E-state index in [4.69, 9.17) is 14.2 Å². The van der Waals surface area contributed by atoms with Gasteiger partial charge < -0.3 is 19.5 Å². The lowest BCUT2D eigenvalue weighted by Crippen LogP contribution is -2.13. The standard InChI is InChI=1S/C17H29NO3/c1-4-18-13-16-6-5-7-17(12-16)21-11-10-19-8-9-20-14-15(2)3/h5-7,12,15,18H,4,8-11,13-14H2,1-3H3. The van der Waals surface area contributed by atoms with Crippen molar-refractivity contribution in [3.63, 3.8) is 0 Å². The molecule has 0 aliphatic carbocycles. The van der Waals surface area contributed by atoms with Crippen LogP contribution in [0.3, 0.4) is 0 Å². The molecule has 0 aromatic heterocycles. The molecular weight excluding hydrogens is 266 g/mol. The minimum atomic E-state index is 0.564. The van der Waals surface area contributed by atoms with Gasteiger partial charge in [-0.3, -0.25) is 0 Å². The van der Waals surface area contributed by atoms with E-state index >= 15 is 0 Å². The Morgan fingerprint density at radius 3 is 2.57 bits per heavy atom. The highest BCUT2D eigenvalue weighted by Gasteiger charge is 1.98. The first-order valence-electron chi connectivity index (χ1n) is 7.80. The fourth-order valence-electron chi connectivity index (χ4n) is 1.77. The maximum Gasteiger partial charge on any atom is 0.119 e. The van der Waals surface area contributed by atoms with Crippen LogP contribution in [0.2, 0.25) is 0 Å². The first-order valence-corrected chi connectivity index (χ1v) is 7.80. The number of benzene rings is 1. The highest BCUT2D eigenvalue weighted by atomic mass is 16.5. The maximum absolute atomic E-state index is 5.68. The maximum atomic E-state index is 5.68. The lowest BCUT2D eigenvalue weighted by Gasteiger charge is -2.10. The van der Waals surface area contributed by atoms with E-state index in [9.17, 15) is 0 Å². The first-order chi connectivity index (χ1) is 10.2. The van der Waals surface area contributed by atoms with E-state index in [1.54, 1.807) is 0 Å². The molecule has 0 unspecified atom stereocenters. The Kier molecular flexibility index (Phi) is 9.87. The molecule has 1 aromatic rings. The van der Waals surface area contributed by atoms with Crippen molar-refractivity contribution in [1.29, 1.82) is 0 Å². The molecule has 4 heteroatoms. The van der Waals surface area contributed by atoms with Gasteiger partial charge in [-0.15, -0.1) is 0 Å². The van der Waals surface area contributed by atoms with Crippen LogP contribution >= 0.6 is 0 Å². The molecule has 4 nitrogen and oxygen atoms in total. The lowest BCUT2D eigenvalue weighted by molar-refractivity contribution is 0.0282. The zero-order valence-corrected chi connectivity index (χ0v) is 13.6. The fourth-order valence-corrected chi connectivity index (χ4v) is 1.77. The molecule has 0 bridgehead atoms. The molecule has 1 N–H and O–H groups in total. The van der Waals surface area contributed by atoms with Crippen molar-refractivity contribution in [3.8, 4) is 5.75 Å². The van der Waals surface area contributed by atoms with E-state index in [0.29, 0.717) is 32.3 Å². The highest BCUT2D eigenvalue weighted by Crippen LogP contribution is 2.13. The lowest BCUT2D eigenvalue weighted by atomic mass is 10.2. The van der Waals surface area contributed by atoms with E-state index in [1.165, 1.54) is 5.56 Å². The van der Waals surface area contributed by atoms with Gasteiger partial charge in [0.05, 0.1) is 19.8 Å². The SMILES string of the molecule is CCNCc1cccc(OCCOCCOCC(C)C)c1. The number of ether oxygens (including phenoxy) is 3. The number of rotatable bonds is 12. The normalized spacial score (nSPS) is 11.0.